The Hall–Kier alpha value is -1.80. The molecule has 3 rings (SSSR count). The Morgan fingerprint density at radius 1 is 1.27 bits per heavy atom. The van der Waals surface area contributed by atoms with Crippen LogP contribution < -0.4 is 0 Å². The van der Waals surface area contributed by atoms with Gasteiger partial charge < -0.3 is 9.26 Å². The third-order valence-electron chi connectivity index (χ3n) is 3.74. The smallest absolute Gasteiger partial charge is 0.226 e. The molecule has 0 bridgehead atoms. The molecule has 22 heavy (non-hydrogen) atoms. The summed E-state index contributed by atoms with van der Waals surface area (Å²) in [5.74, 6) is 3.15. The Kier molecular flexibility index (Phi) is 4.49. The van der Waals surface area contributed by atoms with Gasteiger partial charge in [-0.15, -0.1) is 0 Å². The number of hydrogen-bond acceptors (Lipinski definition) is 7. The highest BCUT2D eigenvalue weighted by Gasteiger charge is 2.23. The van der Waals surface area contributed by atoms with Crippen LogP contribution in [0.4, 0.5) is 0 Å². The van der Waals surface area contributed by atoms with Gasteiger partial charge in [0.1, 0.15) is 11.6 Å². The van der Waals surface area contributed by atoms with E-state index in [4.69, 9.17) is 9.26 Å². The van der Waals surface area contributed by atoms with Crippen LogP contribution in [0.3, 0.4) is 0 Å². The van der Waals surface area contributed by atoms with Gasteiger partial charge in [-0.05, 0) is 13.8 Å². The lowest BCUT2D eigenvalue weighted by atomic mass is 10.2. The molecule has 3 heterocycles. The molecule has 1 saturated heterocycles. The van der Waals surface area contributed by atoms with Crippen molar-refractivity contribution >= 4 is 0 Å². The average Bonchev–Trinajstić information content (AvgIpc) is 3.06. The molecule has 1 aliphatic rings. The Morgan fingerprint density at radius 2 is 2.14 bits per heavy atom. The van der Waals surface area contributed by atoms with Crippen LogP contribution in [0.5, 0.6) is 0 Å². The van der Waals surface area contributed by atoms with Gasteiger partial charge in [0, 0.05) is 19.5 Å². The number of morpholine rings is 1. The summed E-state index contributed by atoms with van der Waals surface area (Å²) in [5.41, 5.74) is 0. The van der Waals surface area contributed by atoms with Gasteiger partial charge in [-0.2, -0.15) is 10.1 Å². The molecule has 0 N–H and O–H groups in total. The fourth-order valence-corrected chi connectivity index (χ4v) is 2.66. The Bertz CT molecular complexity index is 623. The van der Waals surface area contributed by atoms with Gasteiger partial charge in [0.2, 0.25) is 5.89 Å². The van der Waals surface area contributed by atoms with E-state index in [1.165, 1.54) is 0 Å². The van der Waals surface area contributed by atoms with Crippen LogP contribution in [0.25, 0.3) is 0 Å². The SMILES string of the molecule is CCc1nc(CN2CCO[C@@H](Cn3nc(C)nc3C)C2)no1. The number of ether oxygens (including phenoxy) is 1. The molecule has 8 nitrogen and oxygen atoms in total. The Labute approximate surface area is 129 Å². The quantitative estimate of drug-likeness (QED) is 0.805. The molecule has 0 unspecified atom stereocenters. The number of aryl methyl sites for hydroxylation is 3. The zero-order chi connectivity index (χ0) is 15.5. The van der Waals surface area contributed by atoms with Crippen molar-refractivity contribution in [2.45, 2.75) is 46.4 Å². The zero-order valence-electron chi connectivity index (χ0n) is 13.3. The molecule has 0 radical (unpaired) electrons. The first-order valence-corrected chi connectivity index (χ1v) is 7.67. The molecule has 0 saturated carbocycles. The van der Waals surface area contributed by atoms with Gasteiger partial charge >= 0.3 is 0 Å². The molecule has 0 spiro atoms. The molecule has 2 aromatic rings. The molecule has 0 amide bonds. The molecule has 1 aliphatic heterocycles. The molecular formula is C14H22N6O2. The van der Waals surface area contributed by atoms with Crippen molar-refractivity contribution in [1.29, 1.82) is 0 Å². The van der Waals surface area contributed by atoms with E-state index in [0.29, 0.717) is 19.0 Å². The van der Waals surface area contributed by atoms with Crippen molar-refractivity contribution < 1.29 is 9.26 Å². The summed E-state index contributed by atoms with van der Waals surface area (Å²) in [5, 5.41) is 8.41. The predicted molar refractivity (Wildman–Crippen MR) is 78.2 cm³/mol. The highest BCUT2D eigenvalue weighted by Crippen LogP contribution is 2.11. The lowest BCUT2D eigenvalue weighted by Crippen LogP contribution is -2.44. The standard InChI is InChI=1S/C14H22N6O2/c1-4-14-16-13(18-22-14)9-19-5-6-21-12(7-19)8-20-11(3)15-10(2)17-20/h12H,4-9H2,1-3H3/t12-/m1/s1. The fourth-order valence-electron chi connectivity index (χ4n) is 2.66. The third-order valence-corrected chi connectivity index (χ3v) is 3.74. The summed E-state index contributed by atoms with van der Waals surface area (Å²) in [7, 11) is 0. The van der Waals surface area contributed by atoms with E-state index in [9.17, 15) is 0 Å². The molecule has 2 aromatic heterocycles. The summed E-state index contributed by atoms with van der Waals surface area (Å²) in [6.07, 6.45) is 0.870. The van der Waals surface area contributed by atoms with Crippen LogP contribution in [0, 0.1) is 13.8 Å². The maximum atomic E-state index is 5.85. The molecular weight excluding hydrogens is 284 g/mol. The van der Waals surface area contributed by atoms with Crippen molar-refractivity contribution in [3.8, 4) is 0 Å². The minimum Gasteiger partial charge on any atom is -0.374 e. The van der Waals surface area contributed by atoms with Crippen molar-refractivity contribution in [2.75, 3.05) is 19.7 Å². The Balaban J connectivity index is 1.58. The fraction of sp³-hybridized carbons (Fsp3) is 0.714. The first-order chi connectivity index (χ1) is 10.6. The van der Waals surface area contributed by atoms with Gasteiger partial charge in [0.15, 0.2) is 5.82 Å². The second-order valence-corrected chi connectivity index (χ2v) is 5.57. The third kappa shape index (κ3) is 3.50. The van der Waals surface area contributed by atoms with Crippen LogP contribution in [-0.2, 0) is 24.2 Å². The van der Waals surface area contributed by atoms with Crippen molar-refractivity contribution in [1.82, 2.24) is 29.8 Å². The molecule has 1 fully saturated rings. The van der Waals surface area contributed by atoms with E-state index < -0.39 is 0 Å². The maximum absolute atomic E-state index is 5.85. The van der Waals surface area contributed by atoms with Crippen LogP contribution >= 0.6 is 0 Å². The summed E-state index contributed by atoms with van der Waals surface area (Å²) in [4.78, 5) is 11.0. The second kappa shape index (κ2) is 6.53. The summed E-state index contributed by atoms with van der Waals surface area (Å²) >= 11 is 0. The number of aromatic nitrogens is 5. The maximum Gasteiger partial charge on any atom is 0.226 e. The van der Waals surface area contributed by atoms with Crippen LogP contribution in [0.1, 0.15) is 30.3 Å². The van der Waals surface area contributed by atoms with Gasteiger partial charge in [0.25, 0.3) is 0 Å². The molecule has 0 aromatic carbocycles. The van der Waals surface area contributed by atoms with E-state index >= 15 is 0 Å². The van der Waals surface area contributed by atoms with E-state index in [2.05, 4.69) is 25.1 Å². The number of rotatable bonds is 5. The van der Waals surface area contributed by atoms with E-state index in [1.54, 1.807) is 0 Å². The molecule has 0 aliphatic carbocycles. The molecule has 1 atom stereocenters. The van der Waals surface area contributed by atoms with Crippen molar-refractivity contribution in [3.63, 3.8) is 0 Å². The van der Waals surface area contributed by atoms with Crippen LogP contribution in [0.2, 0.25) is 0 Å². The van der Waals surface area contributed by atoms with Gasteiger partial charge in [-0.1, -0.05) is 12.1 Å². The summed E-state index contributed by atoms with van der Waals surface area (Å²) in [6.45, 7) is 9.69. The molecule has 120 valence electrons. The lowest BCUT2D eigenvalue weighted by molar-refractivity contribution is -0.0413. The highest BCUT2D eigenvalue weighted by atomic mass is 16.5. The van der Waals surface area contributed by atoms with E-state index in [-0.39, 0.29) is 6.10 Å². The topological polar surface area (TPSA) is 82.1 Å². The zero-order valence-corrected chi connectivity index (χ0v) is 13.3. The minimum absolute atomic E-state index is 0.103. The summed E-state index contributed by atoms with van der Waals surface area (Å²) in [6, 6.07) is 0. The van der Waals surface area contributed by atoms with Gasteiger partial charge in [-0.25, -0.2) is 9.67 Å². The van der Waals surface area contributed by atoms with Crippen LogP contribution in [-0.4, -0.2) is 55.6 Å². The highest BCUT2D eigenvalue weighted by molar-refractivity contribution is 4.90. The minimum atomic E-state index is 0.103. The normalized spacial score (nSPS) is 19.7. The van der Waals surface area contributed by atoms with Gasteiger partial charge in [0.05, 0.1) is 25.8 Å². The first kappa shape index (κ1) is 15.1. The number of nitrogens with zero attached hydrogens (tertiary/aromatic N) is 6. The van der Waals surface area contributed by atoms with E-state index in [0.717, 1.165) is 43.5 Å². The largest absolute Gasteiger partial charge is 0.374 e. The Morgan fingerprint density at radius 3 is 2.82 bits per heavy atom. The first-order valence-electron chi connectivity index (χ1n) is 7.67. The van der Waals surface area contributed by atoms with Crippen LogP contribution in [0.15, 0.2) is 4.52 Å². The number of hydrogen-bond donors (Lipinski definition) is 0. The van der Waals surface area contributed by atoms with Gasteiger partial charge in [-0.3, -0.25) is 4.90 Å². The predicted octanol–water partition coefficient (Wildman–Crippen LogP) is 0.741. The molecule has 8 heteroatoms. The second-order valence-electron chi connectivity index (χ2n) is 5.57. The average molecular weight is 306 g/mol. The van der Waals surface area contributed by atoms with Crippen molar-refractivity contribution in [3.05, 3.63) is 23.4 Å². The monoisotopic (exact) mass is 306 g/mol. The lowest BCUT2D eigenvalue weighted by Gasteiger charge is -2.32. The van der Waals surface area contributed by atoms with Crippen molar-refractivity contribution in [2.24, 2.45) is 0 Å². The summed E-state index contributed by atoms with van der Waals surface area (Å²) < 4.78 is 12.9. The van der Waals surface area contributed by atoms with E-state index in [1.807, 2.05) is 25.5 Å².